The Labute approximate surface area is 134 Å². The maximum Gasteiger partial charge on any atom is 0.238 e. The van der Waals surface area contributed by atoms with Crippen LogP contribution in [0.25, 0.3) is 0 Å². The van der Waals surface area contributed by atoms with Crippen LogP contribution in [0.15, 0.2) is 48.5 Å². The van der Waals surface area contributed by atoms with E-state index in [0.717, 1.165) is 5.56 Å². The van der Waals surface area contributed by atoms with Crippen molar-refractivity contribution in [3.63, 3.8) is 0 Å². The molecule has 2 aromatic rings. The van der Waals surface area contributed by atoms with Crippen molar-refractivity contribution < 1.29 is 4.79 Å². The van der Waals surface area contributed by atoms with Gasteiger partial charge in [0.25, 0.3) is 0 Å². The van der Waals surface area contributed by atoms with E-state index in [1.54, 1.807) is 24.3 Å². The molecule has 0 saturated heterocycles. The van der Waals surface area contributed by atoms with Gasteiger partial charge in [-0.15, -0.1) is 0 Å². The number of anilines is 1. The van der Waals surface area contributed by atoms with E-state index in [2.05, 4.69) is 10.6 Å². The quantitative estimate of drug-likeness (QED) is 0.862. The maximum atomic E-state index is 11.9. The number of hydrogen-bond acceptors (Lipinski definition) is 2. The molecule has 0 spiro atoms. The van der Waals surface area contributed by atoms with Crippen LogP contribution in [0.1, 0.15) is 18.5 Å². The van der Waals surface area contributed by atoms with E-state index in [1.165, 1.54) is 0 Å². The Kier molecular flexibility index (Phi) is 5.62. The molecular weight excluding hydrogens is 307 g/mol. The fraction of sp³-hybridized carbons (Fsp3) is 0.188. The van der Waals surface area contributed by atoms with Crippen molar-refractivity contribution in [2.24, 2.45) is 0 Å². The van der Waals surface area contributed by atoms with Gasteiger partial charge in [-0.25, -0.2) is 0 Å². The highest BCUT2D eigenvalue weighted by Crippen LogP contribution is 2.17. The van der Waals surface area contributed by atoms with E-state index in [0.29, 0.717) is 15.7 Å². The smallest absolute Gasteiger partial charge is 0.238 e. The summed E-state index contributed by atoms with van der Waals surface area (Å²) in [5.41, 5.74) is 1.72. The Bertz CT molecular complexity index is 631. The van der Waals surface area contributed by atoms with Crippen LogP contribution in [-0.2, 0) is 4.79 Å². The molecule has 3 nitrogen and oxygen atoms in total. The summed E-state index contributed by atoms with van der Waals surface area (Å²) in [5.74, 6) is -0.119. The van der Waals surface area contributed by atoms with Crippen LogP contribution in [0.2, 0.25) is 10.0 Å². The summed E-state index contributed by atoms with van der Waals surface area (Å²) in [5, 5.41) is 7.22. The lowest BCUT2D eigenvalue weighted by molar-refractivity contribution is -0.115. The van der Waals surface area contributed by atoms with E-state index in [1.807, 2.05) is 31.2 Å². The minimum Gasteiger partial charge on any atom is -0.325 e. The predicted molar refractivity (Wildman–Crippen MR) is 88.0 cm³/mol. The number of halogens is 2. The van der Waals surface area contributed by atoms with E-state index < -0.39 is 0 Å². The van der Waals surface area contributed by atoms with Crippen LogP contribution in [0.4, 0.5) is 5.69 Å². The van der Waals surface area contributed by atoms with Gasteiger partial charge in [0.05, 0.1) is 6.54 Å². The molecule has 5 heteroatoms. The first-order valence-corrected chi connectivity index (χ1v) is 7.34. The molecule has 21 heavy (non-hydrogen) atoms. The van der Waals surface area contributed by atoms with Crippen molar-refractivity contribution in [3.05, 3.63) is 64.1 Å². The van der Waals surface area contributed by atoms with Crippen molar-refractivity contribution in [1.82, 2.24) is 5.32 Å². The molecule has 0 aromatic heterocycles. The van der Waals surface area contributed by atoms with Gasteiger partial charge >= 0.3 is 0 Å². The van der Waals surface area contributed by atoms with Gasteiger partial charge in [-0.1, -0.05) is 41.4 Å². The number of hydrogen-bond donors (Lipinski definition) is 2. The Morgan fingerprint density at radius 2 is 1.76 bits per heavy atom. The molecule has 0 aliphatic heterocycles. The third kappa shape index (κ3) is 5.05. The van der Waals surface area contributed by atoms with Gasteiger partial charge in [-0.05, 0) is 42.8 Å². The first-order valence-electron chi connectivity index (χ1n) is 6.59. The summed E-state index contributed by atoms with van der Waals surface area (Å²) in [4.78, 5) is 11.9. The third-order valence-corrected chi connectivity index (χ3v) is 3.50. The zero-order valence-electron chi connectivity index (χ0n) is 11.6. The molecule has 1 amide bonds. The Balaban J connectivity index is 1.86. The lowest BCUT2D eigenvalue weighted by atomic mass is 10.1. The standard InChI is InChI=1S/C16H16Cl2N2O/c1-11(12-4-2-5-13(17)8-12)19-10-16(21)20-15-7-3-6-14(18)9-15/h2-9,11,19H,10H2,1H3,(H,20,21)/t11-/m1/s1. The molecule has 2 rings (SSSR count). The van der Waals surface area contributed by atoms with Gasteiger partial charge < -0.3 is 10.6 Å². The largest absolute Gasteiger partial charge is 0.325 e. The predicted octanol–water partition coefficient (Wildman–Crippen LogP) is 4.28. The number of amides is 1. The second-order valence-corrected chi connectivity index (χ2v) is 5.59. The molecule has 0 radical (unpaired) electrons. The first kappa shape index (κ1) is 15.8. The van der Waals surface area contributed by atoms with Gasteiger partial charge in [-0.2, -0.15) is 0 Å². The molecule has 2 N–H and O–H groups in total. The summed E-state index contributed by atoms with van der Waals surface area (Å²) in [7, 11) is 0. The van der Waals surface area contributed by atoms with Crippen molar-refractivity contribution >= 4 is 34.8 Å². The van der Waals surface area contributed by atoms with Crippen LogP contribution in [0.5, 0.6) is 0 Å². The van der Waals surface area contributed by atoms with Gasteiger partial charge in [0.15, 0.2) is 0 Å². The SMILES string of the molecule is C[C@@H](NCC(=O)Nc1cccc(Cl)c1)c1cccc(Cl)c1. The summed E-state index contributed by atoms with van der Waals surface area (Å²) >= 11 is 11.8. The zero-order chi connectivity index (χ0) is 15.2. The number of carbonyl (C=O) groups is 1. The van der Waals surface area contributed by atoms with E-state index in [9.17, 15) is 4.79 Å². The van der Waals surface area contributed by atoms with Gasteiger partial charge in [0.2, 0.25) is 5.91 Å². The first-order chi connectivity index (χ1) is 10.0. The van der Waals surface area contributed by atoms with Crippen molar-refractivity contribution in [2.75, 3.05) is 11.9 Å². The molecule has 0 aliphatic rings. The molecule has 1 atom stereocenters. The van der Waals surface area contributed by atoms with Crippen LogP contribution in [-0.4, -0.2) is 12.5 Å². The fourth-order valence-electron chi connectivity index (χ4n) is 1.91. The highest BCUT2D eigenvalue weighted by atomic mass is 35.5. The topological polar surface area (TPSA) is 41.1 Å². The molecule has 0 unspecified atom stereocenters. The minimum absolute atomic E-state index is 0.0359. The lowest BCUT2D eigenvalue weighted by Crippen LogP contribution is -2.30. The lowest BCUT2D eigenvalue weighted by Gasteiger charge is -2.14. The van der Waals surface area contributed by atoms with Crippen LogP contribution < -0.4 is 10.6 Å². The van der Waals surface area contributed by atoms with Crippen LogP contribution in [0.3, 0.4) is 0 Å². The second kappa shape index (κ2) is 7.46. The summed E-state index contributed by atoms with van der Waals surface area (Å²) in [6, 6.07) is 14.7. The fourth-order valence-corrected chi connectivity index (χ4v) is 2.30. The third-order valence-electron chi connectivity index (χ3n) is 3.03. The van der Waals surface area contributed by atoms with E-state index in [4.69, 9.17) is 23.2 Å². The highest BCUT2D eigenvalue weighted by molar-refractivity contribution is 6.31. The number of carbonyl (C=O) groups excluding carboxylic acids is 1. The minimum atomic E-state index is -0.119. The van der Waals surface area contributed by atoms with Crippen molar-refractivity contribution in [1.29, 1.82) is 0 Å². The van der Waals surface area contributed by atoms with Crippen LogP contribution in [0, 0.1) is 0 Å². The average Bonchev–Trinajstić information content (AvgIpc) is 2.45. The van der Waals surface area contributed by atoms with E-state index in [-0.39, 0.29) is 18.5 Å². The summed E-state index contributed by atoms with van der Waals surface area (Å²) < 4.78 is 0. The molecule has 0 fully saturated rings. The van der Waals surface area contributed by atoms with Gasteiger partial charge in [0, 0.05) is 21.8 Å². The second-order valence-electron chi connectivity index (χ2n) is 4.72. The zero-order valence-corrected chi connectivity index (χ0v) is 13.1. The highest BCUT2D eigenvalue weighted by Gasteiger charge is 2.08. The molecule has 0 saturated carbocycles. The monoisotopic (exact) mass is 322 g/mol. The van der Waals surface area contributed by atoms with Crippen LogP contribution >= 0.6 is 23.2 Å². The average molecular weight is 323 g/mol. The van der Waals surface area contributed by atoms with Gasteiger partial charge in [-0.3, -0.25) is 4.79 Å². The number of benzene rings is 2. The van der Waals surface area contributed by atoms with Crippen molar-refractivity contribution in [3.8, 4) is 0 Å². The molecule has 110 valence electrons. The maximum absolute atomic E-state index is 11.9. The van der Waals surface area contributed by atoms with Crippen molar-refractivity contribution in [2.45, 2.75) is 13.0 Å². The van der Waals surface area contributed by atoms with E-state index >= 15 is 0 Å². The summed E-state index contributed by atoms with van der Waals surface area (Å²) in [6.45, 7) is 2.19. The molecule has 0 aliphatic carbocycles. The molecule has 2 aromatic carbocycles. The molecular formula is C16H16Cl2N2O. The Morgan fingerprint density at radius 3 is 2.43 bits per heavy atom. The van der Waals surface area contributed by atoms with Gasteiger partial charge in [0.1, 0.15) is 0 Å². The molecule has 0 heterocycles. The number of nitrogens with one attached hydrogen (secondary N) is 2. The molecule has 0 bridgehead atoms. The Morgan fingerprint density at radius 1 is 1.10 bits per heavy atom. The Hall–Kier alpha value is -1.55. The number of rotatable bonds is 5. The normalized spacial score (nSPS) is 12.0. The summed E-state index contributed by atoms with van der Waals surface area (Å²) in [6.07, 6.45) is 0.